The third-order valence-electron chi connectivity index (χ3n) is 4.39. The second-order valence-electron chi connectivity index (χ2n) is 5.94. The molecule has 2 heterocycles. The lowest BCUT2D eigenvalue weighted by Crippen LogP contribution is -2.36. The van der Waals surface area contributed by atoms with Crippen LogP contribution in [0.1, 0.15) is 34.6 Å². The van der Waals surface area contributed by atoms with Crippen LogP contribution in [0.4, 0.5) is 5.69 Å². The number of anilines is 1. The van der Waals surface area contributed by atoms with Gasteiger partial charge >= 0.3 is 0 Å². The van der Waals surface area contributed by atoms with Crippen molar-refractivity contribution in [2.45, 2.75) is 19.4 Å². The molecule has 0 unspecified atom stereocenters. The molecule has 1 aromatic carbocycles. The number of hydrogen-bond acceptors (Lipinski definition) is 5. The largest absolute Gasteiger partial charge is 0.495 e. The van der Waals surface area contributed by atoms with E-state index in [9.17, 15) is 4.79 Å². The fourth-order valence-electron chi connectivity index (χ4n) is 2.99. The quantitative estimate of drug-likeness (QED) is 0.857. The lowest BCUT2D eigenvalue weighted by molar-refractivity contribution is 0.0936. The van der Waals surface area contributed by atoms with Gasteiger partial charge in [-0.2, -0.15) is 0 Å². The Balaban J connectivity index is 1.80. The van der Waals surface area contributed by atoms with E-state index in [1.165, 1.54) is 4.88 Å². The van der Waals surface area contributed by atoms with Crippen LogP contribution in [0.2, 0.25) is 0 Å². The number of amides is 1. The van der Waals surface area contributed by atoms with Crippen molar-refractivity contribution < 1.29 is 14.3 Å². The molecule has 6 heteroatoms. The lowest BCUT2D eigenvalue weighted by Gasteiger charge is -2.30. The maximum Gasteiger partial charge on any atom is 0.251 e. The number of carbonyl (C=O) groups excluding carboxylic acids is 1. The molecule has 3 rings (SSSR count). The molecule has 0 saturated carbocycles. The average Bonchev–Trinajstić information content (AvgIpc) is 3.20. The van der Waals surface area contributed by atoms with Crippen LogP contribution in [0.3, 0.4) is 0 Å². The van der Waals surface area contributed by atoms with E-state index in [1.54, 1.807) is 18.4 Å². The molecule has 1 amide bonds. The van der Waals surface area contributed by atoms with E-state index in [0.717, 1.165) is 30.9 Å². The van der Waals surface area contributed by atoms with Crippen molar-refractivity contribution in [2.24, 2.45) is 0 Å². The van der Waals surface area contributed by atoms with Crippen LogP contribution in [0, 0.1) is 0 Å². The second-order valence-corrected chi connectivity index (χ2v) is 6.92. The molecule has 1 N–H and O–H groups in total. The van der Waals surface area contributed by atoms with Crippen molar-refractivity contribution in [3.63, 3.8) is 0 Å². The van der Waals surface area contributed by atoms with E-state index in [2.05, 4.69) is 23.2 Å². The number of hydrogen-bond donors (Lipinski definition) is 1. The normalized spacial score (nSPS) is 15.7. The van der Waals surface area contributed by atoms with Crippen molar-refractivity contribution in [2.75, 3.05) is 38.3 Å². The van der Waals surface area contributed by atoms with Crippen molar-refractivity contribution in [1.29, 1.82) is 0 Å². The zero-order valence-corrected chi connectivity index (χ0v) is 15.5. The molecule has 134 valence electrons. The van der Waals surface area contributed by atoms with Crippen LogP contribution in [0.15, 0.2) is 35.7 Å². The number of rotatable bonds is 6. The van der Waals surface area contributed by atoms with Crippen LogP contribution in [-0.2, 0) is 4.74 Å². The van der Waals surface area contributed by atoms with Gasteiger partial charge in [0.1, 0.15) is 5.75 Å². The number of morpholine rings is 1. The van der Waals surface area contributed by atoms with E-state index < -0.39 is 0 Å². The first-order valence-electron chi connectivity index (χ1n) is 8.58. The molecule has 0 radical (unpaired) electrons. The van der Waals surface area contributed by atoms with Crippen molar-refractivity contribution in [1.82, 2.24) is 5.32 Å². The number of carbonyl (C=O) groups is 1. The zero-order chi connectivity index (χ0) is 17.6. The number of nitrogens with zero attached hydrogens (tertiary/aromatic N) is 1. The minimum absolute atomic E-state index is 0.0430. The number of nitrogens with one attached hydrogen (secondary N) is 1. The van der Waals surface area contributed by atoms with Gasteiger partial charge in [0.05, 0.1) is 32.1 Å². The molecule has 2 aromatic rings. The van der Waals surface area contributed by atoms with Crippen LogP contribution in [0.25, 0.3) is 0 Å². The summed E-state index contributed by atoms with van der Waals surface area (Å²) in [5.74, 6) is 0.723. The van der Waals surface area contributed by atoms with Gasteiger partial charge in [0, 0.05) is 23.5 Å². The molecule has 1 aliphatic heterocycles. The third-order valence-corrected chi connectivity index (χ3v) is 5.38. The molecule has 1 fully saturated rings. The Bertz CT molecular complexity index is 697. The maximum atomic E-state index is 12.8. The average molecular weight is 360 g/mol. The molecule has 1 atom stereocenters. The Morgan fingerprint density at radius 1 is 1.36 bits per heavy atom. The second kappa shape index (κ2) is 8.36. The number of ether oxygens (including phenoxy) is 2. The summed E-state index contributed by atoms with van der Waals surface area (Å²) in [6.45, 7) is 5.06. The summed E-state index contributed by atoms with van der Waals surface area (Å²) in [6.07, 6.45) is 0.860. The van der Waals surface area contributed by atoms with E-state index in [0.29, 0.717) is 18.8 Å². The summed E-state index contributed by atoms with van der Waals surface area (Å²) >= 11 is 1.67. The van der Waals surface area contributed by atoms with Crippen LogP contribution in [0.5, 0.6) is 5.75 Å². The first kappa shape index (κ1) is 17.8. The summed E-state index contributed by atoms with van der Waals surface area (Å²) in [4.78, 5) is 16.1. The van der Waals surface area contributed by atoms with Crippen molar-refractivity contribution >= 4 is 22.9 Å². The van der Waals surface area contributed by atoms with E-state index >= 15 is 0 Å². The SMILES string of the molecule is CC[C@H](NC(=O)c1ccc(OC)c(N2CCOCC2)c1)c1cccs1. The van der Waals surface area contributed by atoms with Gasteiger partial charge in [-0.3, -0.25) is 4.79 Å². The molecule has 0 aliphatic carbocycles. The van der Waals surface area contributed by atoms with Gasteiger partial charge in [0.25, 0.3) is 5.91 Å². The zero-order valence-electron chi connectivity index (χ0n) is 14.7. The summed E-state index contributed by atoms with van der Waals surface area (Å²) < 4.78 is 10.9. The Kier molecular flexibility index (Phi) is 5.94. The minimum atomic E-state index is -0.0580. The summed E-state index contributed by atoms with van der Waals surface area (Å²) in [7, 11) is 1.66. The van der Waals surface area contributed by atoms with Crippen LogP contribution < -0.4 is 15.0 Å². The smallest absolute Gasteiger partial charge is 0.251 e. The van der Waals surface area contributed by atoms with E-state index in [-0.39, 0.29) is 11.9 Å². The van der Waals surface area contributed by atoms with E-state index in [1.807, 2.05) is 29.6 Å². The monoisotopic (exact) mass is 360 g/mol. The highest BCUT2D eigenvalue weighted by Gasteiger charge is 2.20. The Labute approximate surface area is 152 Å². The predicted octanol–water partition coefficient (Wildman–Crippen LogP) is 3.47. The van der Waals surface area contributed by atoms with Gasteiger partial charge in [-0.25, -0.2) is 0 Å². The van der Waals surface area contributed by atoms with Gasteiger partial charge in [0.15, 0.2) is 0 Å². The first-order valence-corrected chi connectivity index (χ1v) is 9.46. The van der Waals surface area contributed by atoms with Crippen LogP contribution in [-0.4, -0.2) is 39.3 Å². The number of thiophene rings is 1. The highest BCUT2D eigenvalue weighted by molar-refractivity contribution is 7.10. The van der Waals surface area contributed by atoms with Crippen LogP contribution >= 0.6 is 11.3 Å². The van der Waals surface area contributed by atoms with E-state index in [4.69, 9.17) is 9.47 Å². The molecule has 0 spiro atoms. The van der Waals surface area contributed by atoms with Crippen molar-refractivity contribution in [3.8, 4) is 5.75 Å². The standard InChI is InChI=1S/C19H24N2O3S/c1-3-15(18-5-4-12-25-18)20-19(22)14-6-7-17(23-2)16(13-14)21-8-10-24-11-9-21/h4-7,12-13,15H,3,8-11H2,1-2H3,(H,20,22)/t15-/m0/s1. The first-order chi connectivity index (χ1) is 12.2. The lowest BCUT2D eigenvalue weighted by atomic mass is 10.1. The summed E-state index contributed by atoms with van der Waals surface area (Å²) in [5, 5.41) is 5.18. The molecular formula is C19H24N2O3S. The molecular weight excluding hydrogens is 336 g/mol. The summed E-state index contributed by atoms with van der Waals surface area (Å²) in [6, 6.07) is 9.72. The topological polar surface area (TPSA) is 50.8 Å². The Morgan fingerprint density at radius 2 is 2.16 bits per heavy atom. The fourth-order valence-corrected chi connectivity index (χ4v) is 3.85. The Morgan fingerprint density at radius 3 is 2.80 bits per heavy atom. The fraction of sp³-hybridized carbons (Fsp3) is 0.421. The summed E-state index contributed by atoms with van der Waals surface area (Å²) in [5.41, 5.74) is 1.60. The maximum absolute atomic E-state index is 12.8. The molecule has 1 saturated heterocycles. The Hall–Kier alpha value is -2.05. The van der Waals surface area contributed by atoms with Gasteiger partial charge in [-0.15, -0.1) is 11.3 Å². The van der Waals surface area contributed by atoms with Gasteiger partial charge < -0.3 is 19.7 Å². The van der Waals surface area contributed by atoms with Gasteiger partial charge in [0.2, 0.25) is 0 Å². The third kappa shape index (κ3) is 4.14. The minimum Gasteiger partial charge on any atom is -0.495 e. The molecule has 1 aromatic heterocycles. The molecule has 0 bridgehead atoms. The van der Waals surface area contributed by atoms with Gasteiger partial charge in [-0.05, 0) is 36.1 Å². The molecule has 5 nitrogen and oxygen atoms in total. The highest BCUT2D eigenvalue weighted by atomic mass is 32.1. The number of methoxy groups -OCH3 is 1. The molecule has 25 heavy (non-hydrogen) atoms. The van der Waals surface area contributed by atoms with Gasteiger partial charge in [-0.1, -0.05) is 13.0 Å². The molecule has 1 aliphatic rings. The number of benzene rings is 1. The highest BCUT2D eigenvalue weighted by Crippen LogP contribution is 2.30. The predicted molar refractivity (Wildman–Crippen MR) is 101 cm³/mol. The van der Waals surface area contributed by atoms with Crippen molar-refractivity contribution in [3.05, 3.63) is 46.2 Å².